The van der Waals surface area contributed by atoms with E-state index in [2.05, 4.69) is 33.6 Å². The number of nitrogens with zero attached hydrogens (tertiary/aromatic N) is 2. The second-order valence-corrected chi connectivity index (χ2v) is 6.31. The number of β-amino-alcohol motifs (C(OH)–C–C–N with tert-alkyl or cyclic N) is 1. The van der Waals surface area contributed by atoms with Gasteiger partial charge in [-0.05, 0) is 18.9 Å². The molecule has 0 aliphatic carbocycles. The van der Waals surface area contributed by atoms with Crippen LogP contribution in [0.5, 0.6) is 0 Å². The van der Waals surface area contributed by atoms with Gasteiger partial charge in [0.1, 0.15) is 0 Å². The van der Waals surface area contributed by atoms with Crippen molar-refractivity contribution < 1.29 is 14.6 Å². The summed E-state index contributed by atoms with van der Waals surface area (Å²) in [6.45, 7) is 6.40. The third-order valence-electron chi connectivity index (χ3n) is 4.47. The quantitative estimate of drug-likeness (QED) is 0.764. The topological polar surface area (TPSA) is 53.0 Å². The number of hydrogen-bond donors (Lipinski definition) is 1. The largest absolute Gasteiger partial charge is 0.469 e. The molecule has 2 unspecified atom stereocenters. The van der Waals surface area contributed by atoms with Gasteiger partial charge in [-0.3, -0.25) is 14.6 Å². The molecule has 0 bridgehead atoms. The Bertz CT molecular complexity index is 480. The lowest BCUT2D eigenvalue weighted by Gasteiger charge is -2.40. The van der Waals surface area contributed by atoms with Gasteiger partial charge in [-0.25, -0.2) is 0 Å². The van der Waals surface area contributed by atoms with Crippen LogP contribution in [0.2, 0.25) is 0 Å². The lowest BCUT2D eigenvalue weighted by Crippen LogP contribution is -2.54. The van der Waals surface area contributed by atoms with Crippen molar-refractivity contribution in [2.24, 2.45) is 0 Å². The summed E-state index contributed by atoms with van der Waals surface area (Å²) in [5.41, 5.74) is 1.17. The Kier molecular flexibility index (Phi) is 7.02. The van der Waals surface area contributed by atoms with Crippen LogP contribution in [0, 0.1) is 0 Å². The van der Waals surface area contributed by atoms with Gasteiger partial charge in [0, 0.05) is 38.8 Å². The highest BCUT2D eigenvalue weighted by molar-refractivity contribution is 5.69. The van der Waals surface area contributed by atoms with Crippen LogP contribution in [-0.4, -0.2) is 72.9 Å². The third kappa shape index (κ3) is 5.94. The Morgan fingerprint density at radius 1 is 1.35 bits per heavy atom. The minimum absolute atomic E-state index is 0.154. The van der Waals surface area contributed by atoms with Crippen molar-refractivity contribution in [1.82, 2.24) is 9.80 Å². The number of carbonyl (C=O) groups excluding carboxylic acids is 1. The minimum Gasteiger partial charge on any atom is -0.469 e. The van der Waals surface area contributed by atoms with Crippen LogP contribution in [0.3, 0.4) is 0 Å². The van der Waals surface area contributed by atoms with Crippen molar-refractivity contribution in [3.63, 3.8) is 0 Å². The second-order valence-electron chi connectivity index (χ2n) is 6.31. The van der Waals surface area contributed by atoms with Gasteiger partial charge < -0.3 is 9.84 Å². The number of piperazine rings is 1. The van der Waals surface area contributed by atoms with Gasteiger partial charge in [0.2, 0.25) is 0 Å². The summed E-state index contributed by atoms with van der Waals surface area (Å²) in [7, 11) is 1.43. The zero-order valence-electron chi connectivity index (χ0n) is 14.1. The molecule has 128 valence electrons. The summed E-state index contributed by atoms with van der Waals surface area (Å²) < 4.78 is 4.69. The van der Waals surface area contributed by atoms with Crippen molar-refractivity contribution in [3.05, 3.63) is 35.9 Å². The fourth-order valence-corrected chi connectivity index (χ4v) is 3.12. The van der Waals surface area contributed by atoms with Crippen LogP contribution < -0.4 is 0 Å². The Hall–Kier alpha value is -1.43. The van der Waals surface area contributed by atoms with Gasteiger partial charge in [0.05, 0.1) is 19.6 Å². The molecule has 0 radical (unpaired) electrons. The number of methoxy groups -OCH3 is 1. The highest BCUT2D eigenvalue weighted by Gasteiger charge is 2.25. The highest BCUT2D eigenvalue weighted by atomic mass is 16.5. The van der Waals surface area contributed by atoms with Gasteiger partial charge in [-0.1, -0.05) is 30.3 Å². The van der Waals surface area contributed by atoms with Gasteiger partial charge in [-0.15, -0.1) is 0 Å². The first-order chi connectivity index (χ1) is 11.1. The summed E-state index contributed by atoms with van der Waals surface area (Å²) in [5, 5.41) is 10.3. The Labute approximate surface area is 138 Å². The molecule has 1 aromatic rings. The Morgan fingerprint density at radius 3 is 2.74 bits per heavy atom. The van der Waals surface area contributed by atoms with Crippen LogP contribution in [0.15, 0.2) is 30.3 Å². The molecule has 2 atom stereocenters. The van der Waals surface area contributed by atoms with E-state index in [9.17, 15) is 9.90 Å². The van der Waals surface area contributed by atoms with Gasteiger partial charge in [0.25, 0.3) is 0 Å². The number of benzene rings is 1. The summed E-state index contributed by atoms with van der Waals surface area (Å²) in [4.78, 5) is 15.9. The van der Waals surface area contributed by atoms with Gasteiger partial charge in [-0.2, -0.15) is 0 Å². The molecule has 23 heavy (non-hydrogen) atoms. The summed E-state index contributed by atoms with van der Waals surface area (Å²) in [5.74, 6) is -0.154. The molecule has 1 heterocycles. The lowest BCUT2D eigenvalue weighted by molar-refractivity contribution is -0.141. The second kappa shape index (κ2) is 9.01. The average Bonchev–Trinajstić information content (AvgIpc) is 2.55. The number of rotatable bonds is 7. The summed E-state index contributed by atoms with van der Waals surface area (Å²) >= 11 is 0. The fourth-order valence-electron chi connectivity index (χ4n) is 3.12. The molecule has 5 nitrogen and oxygen atoms in total. The first-order valence-electron chi connectivity index (χ1n) is 8.33. The molecule has 2 rings (SSSR count). The molecule has 0 aromatic heterocycles. The average molecular weight is 320 g/mol. The van der Waals surface area contributed by atoms with Crippen molar-refractivity contribution in [2.75, 3.05) is 39.8 Å². The molecule has 0 amide bonds. The van der Waals surface area contributed by atoms with Gasteiger partial charge >= 0.3 is 5.97 Å². The van der Waals surface area contributed by atoms with Crippen LogP contribution in [0.1, 0.15) is 18.9 Å². The molecule has 1 N–H and O–H groups in total. The fraction of sp³-hybridized carbons (Fsp3) is 0.611. The van der Waals surface area contributed by atoms with E-state index in [-0.39, 0.29) is 12.1 Å². The van der Waals surface area contributed by atoms with E-state index >= 15 is 0 Å². The first kappa shape index (κ1) is 17.9. The number of esters is 1. The highest BCUT2D eigenvalue weighted by Crippen LogP contribution is 2.12. The maximum absolute atomic E-state index is 11.2. The Balaban J connectivity index is 1.74. The monoisotopic (exact) mass is 320 g/mol. The Morgan fingerprint density at radius 2 is 2.09 bits per heavy atom. The normalized spacial score (nSPS) is 21.1. The number of aliphatic hydroxyl groups excluding tert-OH is 1. The van der Waals surface area contributed by atoms with Crippen molar-refractivity contribution in [2.45, 2.75) is 31.9 Å². The SMILES string of the molecule is COC(=O)CCN1CCN(CC(O)Cc2ccccc2)C(C)C1. The molecule has 1 fully saturated rings. The molecule has 0 spiro atoms. The molecular weight excluding hydrogens is 292 g/mol. The van der Waals surface area contributed by atoms with E-state index < -0.39 is 0 Å². The lowest BCUT2D eigenvalue weighted by atomic mass is 10.1. The van der Waals surface area contributed by atoms with Crippen molar-refractivity contribution in [1.29, 1.82) is 0 Å². The number of hydrogen-bond acceptors (Lipinski definition) is 5. The third-order valence-corrected chi connectivity index (χ3v) is 4.47. The summed E-state index contributed by atoms with van der Waals surface area (Å²) in [6.07, 6.45) is 0.789. The number of carbonyl (C=O) groups is 1. The first-order valence-corrected chi connectivity index (χ1v) is 8.33. The van der Waals surface area contributed by atoms with E-state index in [0.717, 1.165) is 26.2 Å². The van der Waals surface area contributed by atoms with E-state index in [1.54, 1.807) is 0 Å². The number of aliphatic hydroxyl groups is 1. The molecule has 0 saturated carbocycles. The van der Waals surface area contributed by atoms with E-state index in [0.29, 0.717) is 25.4 Å². The maximum atomic E-state index is 11.2. The van der Waals surface area contributed by atoms with E-state index in [4.69, 9.17) is 0 Å². The van der Waals surface area contributed by atoms with E-state index in [1.807, 2.05) is 18.2 Å². The van der Waals surface area contributed by atoms with Crippen LogP contribution >= 0.6 is 0 Å². The van der Waals surface area contributed by atoms with Gasteiger partial charge in [0.15, 0.2) is 0 Å². The van der Waals surface area contributed by atoms with Crippen molar-refractivity contribution in [3.8, 4) is 0 Å². The standard InChI is InChI=1S/C18H28N2O3/c1-15-13-19(9-8-18(22)23-2)10-11-20(15)14-17(21)12-16-6-4-3-5-7-16/h3-7,15,17,21H,8-14H2,1-2H3. The predicted molar refractivity (Wildman–Crippen MR) is 90.3 cm³/mol. The van der Waals surface area contributed by atoms with Crippen LogP contribution in [-0.2, 0) is 16.0 Å². The minimum atomic E-state index is -0.346. The van der Waals surface area contributed by atoms with Crippen molar-refractivity contribution >= 4 is 5.97 Å². The molecule has 1 aliphatic rings. The molecule has 5 heteroatoms. The number of ether oxygens (including phenoxy) is 1. The molecule has 1 aromatic carbocycles. The van der Waals surface area contributed by atoms with Crippen LogP contribution in [0.4, 0.5) is 0 Å². The summed E-state index contributed by atoms with van der Waals surface area (Å²) in [6, 6.07) is 10.5. The zero-order chi connectivity index (χ0) is 16.7. The predicted octanol–water partition coefficient (Wildman–Crippen LogP) is 1.16. The zero-order valence-corrected chi connectivity index (χ0v) is 14.1. The molecule has 1 saturated heterocycles. The smallest absolute Gasteiger partial charge is 0.306 e. The maximum Gasteiger partial charge on any atom is 0.306 e. The molecule has 1 aliphatic heterocycles. The molecular formula is C18H28N2O3. The van der Waals surface area contributed by atoms with E-state index in [1.165, 1.54) is 12.7 Å². The van der Waals surface area contributed by atoms with Crippen LogP contribution in [0.25, 0.3) is 0 Å².